The van der Waals surface area contributed by atoms with Gasteiger partial charge in [-0.15, -0.1) is 0 Å². The maximum Gasteiger partial charge on any atom is 0.433 e. The molecule has 0 saturated carbocycles. The van der Waals surface area contributed by atoms with Crippen molar-refractivity contribution in [1.82, 2.24) is 15.0 Å². The van der Waals surface area contributed by atoms with E-state index < -0.39 is 17.8 Å². The fourth-order valence-corrected chi connectivity index (χ4v) is 3.62. The quantitative estimate of drug-likeness (QED) is 0.381. The van der Waals surface area contributed by atoms with Crippen molar-refractivity contribution < 1.29 is 18.0 Å². The van der Waals surface area contributed by atoms with E-state index in [1.54, 1.807) is 18.3 Å². The number of benzene rings is 1. The summed E-state index contributed by atoms with van der Waals surface area (Å²) in [5, 5.41) is 2.68. The van der Waals surface area contributed by atoms with Crippen LogP contribution in [0.4, 0.5) is 18.9 Å². The molecular weight excluding hydrogens is 441 g/mol. The Hall–Kier alpha value is -4.07. The highest BCUT2D eigenvalue weighted by Crippen LogP contribution is 2.31. The van der Waals surface area contributed by atoms with Gasteiger partial charge in [0, 0.05) is 40.6 Å². The molecule has 3 heterocycles. The van der Waals surface area contributed by atoms with Crippen molar-refractivity contribution in [1.29, 1.82) is 0 Å². The number of aromatic nitrogens is 3. The topological polar surface area (TPSA) is 67.8 Å². The molecule has 0 aliphatic rings. The Kier molecular flexibility index (Phi) is 6.15. The maximum absolute atomic E-state index is 13.0. The summed E-state index contributed by atoms with van der Waals surface area (Å²) >= 11 is 0. The first-order valence-electron chi connectivity index (χ1n) is 10.5. The average Bonchev–Trinajstić information content (AvgIpc) is 2.79. The van der Waals surface area contributed by atoms with Crippen LogP contribution in [0.5, 0.6) is 0 Å². The van der Waals surface area contributed by atoms with Crippen molar-refractivity contribution in [2.45, 2.75) is 26.9 Å². The highest BCUT2D eigenvalue weighted by atomic mass is 19.4. The number of halogens is 3. The molecule has 4 aromatic rings. The van der Waals surface area contributed by atoms with E-state index in [4.69, 9.17) is 0 Å². The highest BCUT2D eigenvalue weighted by Gasteiger charge is 2.33. The van der Waals surface area contributed by atoms with Gasteiger partial charge >= 0.3 is 6.18 Å². The number of amides is 1. The second-order valence-electron chi connectivity index (χ2n) is 7.98. The zero-order valence-corrected chi connectivity index (χ0v) is 18.7. The molecule has 0 radical (unpaired) electrons. The second kappa shape index (κ2) is 9.05. The molecule has 0 fully saturated rings. The molecule has 34 heavy (non-hydrogen) atoms. The average molecular weight is 462 g/mol. The lowest BCUT2D eigenvalue weighted by Gasteiger charge is -2.13. The number of anilines is 1. The number of alkyl halides is 3. The van der Waals surface area contributed by atoms with Crippen molar-refractivity contribution in [3.63, 3.8) is 0 Å². The zero-order valence-electron chi connectivity index (χ0n) is 18.7. The van der Waals surface area contributed by atoms with Gasteiger partial charge in [-0.1, -0.05) is 6.07 Å². The fraction of sp³-hybridized carbons (Fsp3) is 0.154. The van der Waals surface area contributed by atoms with Crippen molar-refractivity contribution in [2.24, 2.45) is 0 Å². The molecular formula is C26H21F3N4O. The van der Waals surface area contributed by atoms with Gasteiger partial charge in [0.15, 0.2) is 0 Å². The minimum absolute atomic E-state index is 0.125. The van der Waals surface area contributed by atoms with Gasteiger partial charge in [0.05, 0.1) is 5.69 Å². The van der Waals surface area contributed by atoms with Gasteiger partial charge in [-0.3, -0.25) is 19.7 Å². The normalized spacial score (nSPS) is 11.4. The predicted octanol–water partition coefficient (Wildman–Crippen LogP) is 6.40. The molecule has 0 atom stereocenters. The molecule has 0 aliphatic heterocycles. The molecule has 0 unspecified atom stereocenters. The van der Waals surface area contributed by atoms with Crippen LogP contribution in [0, 0.1) is 20.8 Å². The fourth-order valence-electron chi connectivity index (χ4n) is 3.62. The third-order valence-electron chi connectivity index (χ3n) is 5.26. The van der Waals surface area contributed by atoms with Crippen LogP contribution in [0.3, 0.4) is 0 Å². The molecule has 0 spiro atoms. The van der Waals surface area contributed by atoms with Crippen molar-refractivity contribution >= 4 is 11.6 Å². The standard InChI is InChI=1S/C26H21F3N4O/c1-15-4-5-21(33-25(34)19-7-9-31-24(13-19)26(27,28)29)14-22(15)20-11-17(3)32-23(12-20)18-6-8-30-16(2)10-18/h4-14H,1-3H3,(H,33,34). The monoisotopic (exact) mass is 462 g/mol. The van der Waals surface area contributed by atoms with E-state index in [-0.39, 0.29) is 5.56 Å². The van der Waals surface area contributed by atoms with Gasteiger partial charge in [0.25, 0.3) is 5.91 Å². The van der Waals surface area contributed by atoms with Crippen LogP contribution in [-0.4, -0.2) is 20.9 Å². The van der Waals surface area contributed by atoms with E-state index in [0.717, 1.165) is 51.6 Å². The summed E-state index contributed by atoms with van der Waals surface area (Å²) in [6.07, 6.45) is -1.92. The molecule has 8 heteroatoms. The Morgan fingerprint density at radius 2 is 1.56 bits per heavy atom. The Labute approximate surface area is 194 Å². The number of carbonyl (C=O) groups excluding carboxylic acids is 1. The van der Waals surface area contributed by atoms with Crippen molar-refractivity contribution in [3.05, 3.63) is 95.2 Å². The molecule has 4 rings (SSSR count). The SMILES string of the molecule is Cc1cc(-c2cc(-c3cc(NC(=O)c4ccnc(C(F)(F)F)c4)ccc3C)cc(C)n2)ccn1. The lowest BCUT2D eigenvalue weighted by Crippen LogP contribution is -2.15. The number of rotatable bonds is 4. The Morgan fingerprint density at radius 1 is 0.824 bits per heavy atom. The van der Waals surface area contributed by atoms with Crippen LogP contribution >= 0.6 is 0 Å². The van der Waals surface area contributed by atoms with Gasteiger partial charge < -0.3 is 5.32 Å². The van der Waals surface area contributed by atoms with Crippen LogP contribution < -0.4 is 5.32 Å². The lowest BCUT2D eigenvalue weighted by molar-refractivity contribution is -0.141. The van der Waals surface area contributed by atoms with Crippen LogP contribution in [0.15, 0.2) is 67.0 Å². The maximum atomic E-state index is 13.0. The molecule has 0 bridgehead atoms. The smallest absolute Gasteiger partial charge is 0.322 e. The number of hydrogen-bond donors (Lipinski definition) is 1. The van der Waals surface area contributed by atoms with Gasteiger partial charge in [-0.2, -0.15) is 13.2 Å². The predicted molar refractivity (Wildman–Crippen MR) is 124 cm³/mol. The van der Waals surface area contributed by atoms with E-state index in [1.807, 2.05) is 51.1 Å². The Bertz CT molecular complexity index is 1380. The van der Waals surface area contributed by atoms with Crippen molar-refractivity contribution in [3.8, 4) is 22.4 Å². The lowest BCUT2D eigenvalue weighted by atomic mass is 9.98. The number of carbonyl (C=O) groups is 1. The molecule has 172 valence electrons. The van der Waals surface area contributed by atoms with Gasteiger partial charge in [-0.05, 0) is 86.0 Å². The molecule has 1 aromatic carbocycles. The third-order valence-corrected chi connectivity index (χ3v) is 5.26. The minimum Gasteiger partial charge on any atom is -0.322 e. The van der Waals surface area contributed by atoms with E-state index in [0.29, 0.717) is 5.69 Å². The van der Waals surface area contributed by atoms with Crippen LogP contribution in [-0.2, 0) is 6.18 Å². The Morgan fingerprint density at radius 3 is 2.29 bits per heavy atom. The first-order chi connectivity index (χ1) is 16.1. The molecule has 0 aliphatic carbocycles. The number of hydrogen-bond acceptors (Lipinski definition) is 4. The van der Waals surface area contributed by atoms with E-state index in [2.05, 4.69) is 20.3 Å². The summed E-state index contributed by atoms with van der Waals surface area (Å²) in [7, 11) is 0. The molecule has 3 aromatic heterocycles. The van der Waals surface area contributed by atoms with Gasteiger partial charge in [-0.25, -0.2) is 0 Å². The van der Waals surface area contributed by atoms with E-state index in [9.17, 15) is 18.0 Å². The molecule has 0 saturated heterocycles. The van der Waals surface area contributed by atoms with Gasteiger partial charge in [0.2, 0.25) is 0 Å². The molecule has 5 nitrogen and oxygen atoms in total. The summed E-state index contributed by atoms with van der Waals surface area (Å²) < 4.78 is 38.9. The summed E-state index contributed by atoms with van der Waals surface area (Å²) in [4.78, 5) is 24.8. The number of nitrogens with one attached hydrogen (secondary N) is 1. The first-order valence-corrected chi connectivity index (χ1v) is 10.5. The van der Waals surface area contributed by atoms with Gasteiger partial charge in [0.1, 0.15) is 5.69 Å². The van der Waals surface area contributed by atoms with Crippen LogP contribution in [0.2, 0.25) is 0 Å². The Balaban J connectivity index is 1.66. The van der Waals surface area contributed by atoms with Crippen LogP contribution in [0.1, 0.15) is 33.0 Å². The summed E-state index contributed by atoms with van der Waals surface area (Å²) in [5.74, 6) is -0.651. The number of nitrogens with zero attached hydrogens (tertiary/aromatic N) is 3. The number of pyridine rings is 3. The van der Waals surface area contributed by atoms with Crippen molar-refractivity contribution in [2.75, 3.05) is 5.32 Å². The summed E-state index contributed by atoms with van der Waals surface area (Å²) in [5.41, 5.74) is 5.43. The molecule has 1 N–H and O–H groups in total. The summed E-state index contributed by atoms with van der Waals surface area (Å²) in [6, 6.07) is 15.1. The second-order valence-corrected chi connectivity index (χ2v) is 7.98. The highest BCUT2D eigenvalue weighted by molar-refractivity contribution is 6.04. The third kappa shape index (κ3) is 5.11. The van der Waals surface area contributed by atoms with E-state index in [1.165, 1.54) is 6.07 Å². The van der Waals surface area contributed by atoms with E-state index >= 15 is 0 Å². The largest absolute Gasteiger partial charge is 0.433 e. The number of aryl methyl sites for hydroxylation is 3. The minimum atomic E-state index is -4.63. The first kappa shape index (κ1) is 23.1. The molecule has 1 amide bonds. The van der Waals surface area contributed by atoms with Crippen LogP contribution in [0.25, 0.3) is 22.4 Å². The summed E-state index contributed by atoms with van der Waals surface area (Å²) in [6.45, 7) is 5.77. The zero-order chi connectivity index (χ0) is 24.5.